The Bertz CT molecular complexity index is 342. The highest BCUT2D eigenvalue weighted by Crippen LogP contribution is 2.39. The van der Waals surface area contributed by atoms with Crippen LogP contribution in [0, 0.1) is 0 Å². The third kappa shape index (κ3) is 3.78. The van der Waals surface area contributed by atoms with E-state index in [0.717, 1.165) is 5.56 Å². The fourth-order valence-corrected chi connectivity index (χ4v) is 1.66. The van der Waals surface area contributed by atoms with Gasteiger partial charge in [-0.1, -0.05) is 0 Å². The number of rotatable bonds is 8. The summed E-state index contributed by atoms with van der Waals surface area (Å²) in [7, 11) is 0. The van der Waals surface area contributed by atoms with E-state index in [1.165, 1.54) is 0 Å². The Morgan fingerprint density at radius 3 is 1.83 bits per heavy atom. The first-order chi connectivity index (χ1) is 8.76. The third-order valence-corrected chi connectivity index (χ3v) is 2.28. The zero-order valence-electron chi connectivity index (χ0n) is 11.3. The van der Waals surface area contributed by atoms with Crippen LogP contribution in [0.5, 0.6) is 17.2 Å². The maximum Gasteiger partial charge on any atom is 0.203 e. The van der Waals surface area contributed by atoms with Crippen molar-refractivity contribution in [3.63, 3.8) is 0 Å². The first-order valence-electron chi connectivity index (χ1n) is 6.25. The Balaban J connectivity index is 3.15. The second-order valence-electron chi connectivity index (χ2n) is 3.60. The lowest BCUT2D eigenvalue weighted by Gasteiger charge is -2.17. The molecule has 0 amide bonds. The van der Waals surface area contributed by atoms with Gasteiger partial charge in [0.25, 0.3) is 0 Å². The van der Waals surface area contributed by atoms with Gasteiger partial charge in [-0.05, 0) is 38.5 Å². The lowest BCUT2D eigenvalue weighted by molar-refractivity contribution is 0.260. The largest absolute Gasteiger partial charge is 0.490 e. The van der Waals surface area contributed by atoms with Crippen molar-refractivity contribution < 1.29 is 14.2 Å². The fourth-order valence-electron chi connectivity index (χ4n) is 1.66. The van der Waals surface area contributed by atoms with Crippen molar-refractivity contribution in [2.75, 3.05) is 19.8 Å². The van der Waals surface area contributed by atoms with Crippen LogP contribution in [-0.2, 0) is 6.54 Å². The number of ether oxygens (including phenoxy) is 3. The minimum Gasteiger partial charge on any atom is -0.490 e. The normalized spacial score (nSPS) is 10.2. The Labute approximate surface area is 108 Å². The predicted molar refractivity (Wildman–Crippen MR) is 71.0 cm³/mol. The number of hydrazine groups is 1. The van der Waals surface area contributed by atoms with Crippen molar-refractivity contribution in [3.8, 4) is 17.2 Å². The molecule has 0 aliphatic carbocycles. The van der Waals surface area contributed by atoms with Gasteiger partial charge < -0.3 is 14.2 Å². The maximum atomic E-state index is 5.60. The molecule has 1 rings (SSSR count). The number of hydrogen-bond donors (Lipinski definition) is 2. The Morgan fingerprint density at radius 2 is 1.44 bits per heavy atom. The molecule has 1 aromatic rings. The van der Waals surface area contributed by atoms with Gasteiger partial charge in [0.1, 0.15) is 0 Å². The molecular formula is C13H22N2O3. The smallest absolute Gasteiger partial charge is 0.203 e. The quantitative estimate of drug-likeness (QED) is 0.547. The van der Waals surface area contributed by atoms with Crippen LogP contribution in [0.25, 0.3) is 0 Å². The van der Waals surface area contributed by atoms with Crippen LogP contribution in [0.1, 0.15) is 26.3 Å². The molecule has 0 aromatic heterocycles. The van der Waals surface area contributed by atoms with E-state index in [1.54, 1.807) is 0 Å². The van der Waals surface area contributed by atoms with Crippen molar-refractivity contribution >= 4 is 0 Å². The molecular weight excluding hydrogens is 232 g/mol. The second-order valence-corrected chi connectivity index (χ2v) is 3.60. The average molecular weight is 254 g/mol. The van der Waals surface area contributed by atoms with Gasteiger partial charge in [-0.15, -0.1) is 0 Å². The highest BCUT2D eigenvalue weighted by Gasteiger charge is 2.14. The number of nitrogens with two attached hydrogens (primary N) is 1. The number of benzene rings is 1. The zero-order chi connectivity index (χ0) is 13.4. The van der Waals surface area contributed by atoms with Crippen LogP contribution in [0.3, 0.4) is 0 Å². The first kappa shape index (κ1) is 14.6. The fraction of sp³-hybridized carbons (Fsp3) is 0.538. The first-order valence-corrected chi connectivity index (χ1v) is 6.25. The number of nitrogens with one attached hydrogen (secondary N) is 1. The summed E-state index contributed by atoms with van der Waals surface area (Å²) in [6.45, 7) is 8.06. The van der Waals surface area contributed by atoms with E-state index < -0.39 is 0 Å². The molecule has 0 atom stereocenters. The van der Waals surface area contributed by atoms with Gasteiger partial charge in [0.15, 0.2) is 11.5 Å². The van der Waals surface area contributed by atoms with Crippen molar-refractivity contribution in [2.45, 2.75) is 27.3 Å². The van der Waals surface area contributed by atoms with Crippen LogP contribution in [0.2, 0.25) is 0 Å². The van der Waals surface area contributed by atoms with Crippen LogP contribution < -0.4 is 25.5 Å². The summed E-state index contributed by atoms with van der Waals surface area (Å²) in [5, 5.41) is 0. The van der Waals surface area contributed by atoms with Gasteiger partial charge in [0.05, 0.1) is 19.8 Å². The summed E-state index contributed by atoms with van der Waals surface area (Å²) in [6.07, 6.45) is 0. The van der Waals surface area contributed by atoms with Crippen molar-refractivity contribution in [1.82, 2.24) is 5.43 Å². The molecule has 18 heavy (non-hydrogen) atoms. The molecule has 0 aliphatic heterocycles. The molecule has 0 heterocycles. The van der Waals surface area contributed by atoms with Crippen LogP contribution in [0.15, 0.2) is 12.1 Å². The van der Waals surface area contributed by atoms with Gasteiger partial charge in [-0.2, -0.15) is 0 Å². The van der Waals surface area contributed by atoms with Gasteiger partial charge in [0, 0.05) is 6.54 Å². The van der Waals surface area contributed by atoms with E-state index in [-0.39, 0.29) is 0 Å². The van der Waals surface area contributed by atoms with Crippen LogP contribution >= 0.6 is 0 Å². The predicted octanol–water partition coefficient (Wildman–Crippen LogP) is 1.85. The molecule has 0 spiro atoms. The summed E-state index contributed by atoms with van der Waals surface area (Å²) in [6, 6.07) is 3.83. The minimum atomic E-state index is 0.548. The molecule has 0 unspecified atom stereocenters. The standard InChI is InChI=1S/C13H22N2O3/c1-4-16-11-7-10(9-15-14)8-12(17-5-2)13(11)18-6-3/h7-8,15H,4-6,9,14H2,1-3H3. The van der Waals surface area contributed by atoms with Gasteiger partial charge in [-0.3, -0.25) is 11.3 Å². The van der Waals surface area contributed by atoms with E-state index in [9.17, 15) is 0 Å². The van der Waals surface area contributed by atoms with Gasteiger partial charge in [0.2, 0.25) is 5.75 Å². The lowest BCUT2D eigenvalue weighted by atomic mass is 10.2. The van der Waals surface area contributed by atoms with Crippen molar-refractivity contribution in [1.29, 1.82) is 0 Å². The van der Waals surface area contributed by atoms with Gasteiger partial charge >= 0.3 is 0 Å². The van der Waals surface area contributed by atoms with Gasteiger partial charge in [-0.25, -0.2) is 0 Å². The summed E-state index contributed by atoms with van der Waals surface area (Å²) in [4.78, 5) is 0. The molecule has 5 heteroatoms. The molecule has 3 N–H and O–H groups in total. The minimum absolute atomic E-state index is 0.548. The molecule has 1 aromatic carbocycles. The molecule has 0 saturated carbocycles. The van der Waals surface area contributed by atoms with Crippen molar-refractivity contribution in [2.24, 2.45) is 5.84 Å². The second kappa shape index (κ2) is 7.79. The van der Waals surface area contributed by atoms with E-state index in [0.29, 0.717) is 43.6 Å². The van der Waals surface area contributed by atoms with Crippen LogP contribution in [0.4, 0.5) is 0 Å². The monoisotopic (exact) mass is 254 g/mol. The molecule has 0 fully saturated rings. The highest BCUT2D eigenvalue weighted by molar-refractivity contribution is 5.54. The Morgan fingerprint density at radius 1 is 0.944 bits per heavy atom. The third-order valence-electron chi connectivity index (χ3n) is 2.28. The topological polar surface area (TPSA) is 65.7 Å². The molecule has 0 saturated heterocycles. The lowest BCUT2D eigenvalue weighted by Crippen LogP contribution is -2.21. The van der Waals surface area contributed by atoms with E-state index in [2.05, 4.69) is 5.43 Å². The summed E-state index contributed by atoms with van der Waals surface area (Å²) < 4.78 is 16.8. The Kier molecular flexibility index (Phi) is 6.32. The molecule has 0 radical (unpaired) electrons. The van der Waals surface area contributed by atoms with Crippen LogP contribution in [-0.4, -0.2) is 19.8 Å². The summed E-state index contributed by atoms with van der Waals surface area (Å²) in [5.74, 6) is 7.38. The van der Waals surface area contributed by atoms with E-state index in [1.807, 2.05) is 32.9 Å². The number of hydrogen-bond acceptors (Lipinski definition) is 5. The molecule has 5 nitrogen and oxygen atoms in total. The van der Waals surface area contributed by atoms with E-state index in [4.69, 9.17) is 20.1 Å². The maximum absolute atomic E-state index is 5.60. The summed E-state index contributed by atoms with van der Waals surface area (Å²) in [5.41, 5.74) is 3.62. The Hall–Kier alpha value is -1.46. The molecule has 102 valence electrons. The van der Waals surface area contributed by atoms with E-state index >= 15 is 0 Å². The highest BCUT2D eigenvalue weighted by atomic mass is 16.5. The zero-order valence-corrected chi connectivity index (χ0v) is 11.3. The summed E-state index contributed by atoms with van der Waals surface area (Å²) >= 11 is 0. The molecule has 0 aliphatic rings. The average Bonchev–Trinajstić information content (AvgIpc) is 2.34. The van der Waals surface area contributed by atoms with Crippen molar-refractivity contribution in [3.05, 3.63) is 17.7 Å². The molecule has 0 bridgehead atoms. The SMILES string of the molecule is CCOc1cc(CNN)cc(OCC)c1OCC.